The minimum atomic E-state index is 0.0364. The maximum atomic E-state index is 6.48. The lowest BCUT2D eigenvalue weighted by Crippen LogP contribution is -2.37. The Morgan fingerprint density at radius 3 is 2.22 bits per heavy atom. The number of hydrogen-bond acceptors (Lipinski definition) is 2. The van der Waals surface area contributed by atoms with Crippen LogP contribution in [0.15, 0.2) is 30.3 Å². The summed E-state index contributed by atoms with van der Waals surface area (Å²) < 4.78 is 5.67. The van der Waals surface area contributed by atoms with Gasteiger partial charge in [-0.1, -0.05) is 56.0 Å². The molecule has 0 spiro atoms. The van der Waals surface area contributed by atoms with E-state index >= 15 is 0 Å². The van der Waals surface area contributed by atoms with Crippen molar-refractivity contribution < 1.29 is 4.74 Å². The first kappa shape index (κ1) is 13.6. The second-order valence-corrected chi connectivity index (χ2v) is 5.40. The van der Waals surface area contributed by atoms with Gasteiger partial charge < -0.3 is 10.5 Å². The van der Waals surface area contributed by atoms with E-state index in [-0.39, 0.29) is 12.1 Å². The maximum Gasteiger partial charge on any atom is 0.0974 e. The molecule has 1 aromatic carbocycles. The number of nitrogens with two attached hydrogens (primary N) is 1. The van der Waals surface area contributed by atoms with E-state index in [0.29, 0.717) is 5.92 Å². The molecule has 2 atom stereocenters. The molecule has 1 aliphatic carbocycles. The van der Waals surface area contributed by atoms with Gasteiger partial charge in [0.25, 0.3) is 0 Å². The predicted octanol–water partition coefficient (Wildman–Crippen LogP) is 3.67. The molecule has 2 heteroatoms. The molecule has 0 aromatic heterocycles. The van der Waals surface area contributed by atoms with Crippen LogP contribution in [0.1, 0.15) is 50.2 Å². The third kappa shape index (κ3) is 3.33. The quantitative estimate of drug-likeness (QED) is 0.824. The van der Waals surface area contributed by atoms with Crippen LogP contribution in [0.25, 0.3) is 0 Å². The van der Waals surface area contributed by atoms with Gasteiger partial charge in [-0.3, -0.25) is 0 Å². The Bertz CT molecular complexity index is 330. The highest BCUT2D eigenvalue weighted by atomic mass is 16.5. The average Bonchev–Trinajstić information content (AvgIpc) is 2.69. The van der Waals surface area contributed by atoms with Crippen LogP contribution in [-0.4, -0.2) is 13.2 Å². The average molecular weight is 247 g/mol. The van der Waals surface area contributed by atoms with E-state index in [2.05, 4.69) is 24.3 Å². The fourth-order valence-electron chi connectivity index (χ4n) is 3.10. The Balaban J connectivity index is 2.06. The number of rotatable bonds is 4. The summed E-state index contributed by atoms with van der Waals surface area (Å²) in [6, 6.07) is 10.5. The summed E-state index contributed by atoms with van der Waals surface area (Å²) in [6.07, 6.45) is 7.93. The highest BCUT2D eigenvalue weighted by Crippen LogP contribution is 2.31. The SMILES string of the molecule is COC(c1ccccc1)C(N)C1CCCCCC1. The molecule has 1 fully saturated rings. The summed E-state index contributed by atoms with van der Waals surface area (Å²) in [4.78, 5) is 0. The van der Waals surface area contributed by atoms with Crippen molar-refractivity contribution in [2.24, 2.45) is 11.7 Å². The zero-order valence-electron chi connectivity index (χ0n) is 11.3. The van der Waals surface area contributed by atoms with E-state index in [1.54, 1.807) is 7.11 Å². The van der Waals surface area contributed by atoms with E-state index in [4.69, 9.17) is 10.5 Å². The van der Waals surface area contributed by atoms with Crippen LogP contribution in [0.5, 0.6) is 0 Å². The molecule has 0 radical (unpaired) electrons. The van der Waals surface area contributed by atoms with Gasteiger partial charge >= 0.3 is 0 Å². The monoisotopic (exact) mass is 247 g/mol. The Hall–Kier alpha value is -0.860. The van der Waals surface area contributed by atoms with Gasteiger partial charge in [0.1, 0.15) is 0 Å². The minimum absolute atomic E-state index is 0.0364. The molecule has 1 aromatic rings. The van der Waals surface area contributed by atoms with Gasteiger partial charge in [-0.25, -0.2) is 0 Å². The summed E-state index contributed by atoms with van der Waals surface area (Å²) >= 11 is 0. The first-order chi connectivity index (χ1) is 8.83. The van der Waals surface area contributed by atoms with Crippen molar-refractivity contribution in [1.29, 1.82) is 0 Å². The van der Waals surface area contributed by atoms with Gasteiger partial charge in [0.2, 0.25) is 0 Å². The second-order valence-electron chi connectivity index (χ2n) is 5.40. The van der Waals surface area contributed by atoms with E-state index in [0.717, 1.165) is 0 Å². The Morgan fingerprint density at radius 1 is 1.06 bits per heavy atom. The third-order valence-corrected chi connectivity index (χ3v) is 4.18. The van der Waals surface area contributed by atoms with E-state index < -0.39 is 0 Å². The van der Waals surface area contributed by atoms with E-state index in [1.165, 1.54) is 44.1 Å². The molecular weight excluding hydrogens is 222 g/mol. The summed E-state index contributed by atoms with van der Waals surface area (Å²) in [5, 5.41) is 0. The predicted molar refractivity (Wildman–Crippen MR) is 75.4 cm³/mol. The van der Waals surface area contributed by atoms with Crippen LogP contribution < -0.4 is 5.73 Å². The number of ether oxygens (including phenoxy) is 1. The molecule has 2 N–H and O–H groups in total. The Kier molecular flexibility index (Phi) is 5.21. The first-order valence-electron chi connectivity index (χ1n) is 7.16. The van der Waals surface area contributed by atoms with Crippen molar-refractivity contribution in [2.75, 3.05) is 7.11 Å². The standard InChI is InChI=1S/C16H25NO/c1-18-16(14-11-7-4-8-12-14)15(17)13-9-5-2-3-6-10-13/h4,7-8,11-13,15-16H,2-3,5-6,9-10,17H2,1H3. The van der Waals surface area contributed by atoms with Crippen molar-refractivity contribution in [2.45, 2.75) is 50.7 Å². The van der Waals surface area contributed by atoms with Gasteiger partial charge in [0, 0.05) is 13.2 Å². The van der Waals surface area contributed by atoms with Crippen molar-refractivity contribution in [3.63, 3.8) is 0 Å². The molecule has 2 nitrogen and oxygen atoms in total. The fourth-order valence-corrected chi connectivity index (χ4v) is 3.10. The van der Waals surface area contributed by atoms with Crippen LogP contribution >= 0.6 is 0 Å². The maximum absolute atomic E-state index is 6.48. The zero-order chi connectivity index (χ0) is 12.8. The third-order valence-electron chi connectivity index (χ3n) is 4.18. The number of benzene rings is 1. The van der Waals surface area contributed by atoms with Crippen LogP contribution in [0, 0.1) is 5.92 Å². The van der Waals surface area contributed by atoms with Crippen LogP contribution in [0.4, 0.5) is 0 Å². The smallest absolute Gasteiger partial charge is 0.0974 e. The highest BCUT2D eigenvalue weighted by molar-refractivity contribution is 5.19. The van der Waals surface area contributed by atoms with Crippen LogP contribution in [0.2, 0.25) is 0 Å². The van der Waals surface area contributed by atoms with Crippen molar-refractivity contribution in [3.8, 4) is 0 Å². The summed E-state index contributed by atoms with van der Waals surface area (Å²) in [7, 11) is 1.77. The second kappa shape index (κ2) is 6.91. The zero-order valence-corrected chi connectivity index (χ0v) is 11.3. The van der Waals surface area contributed by atoms with Crippen molar-refractivity contribution >= 4 is 0 Å². The number of methoxy groups -OCH3 is 1. The molecule has 0 amide bonds. The van der Waals surface area contributed by atoms with Crippen molar-refractivity contribution in [1.82, 2.24) is 0 Å². The van der Waals surface area contributed by atoms with Gasteiger partial charge in [0.05, 0.1) is 6.10 Å². The molecule has 100 valence electrons. The van der Waals surface area contributed by atoms with E-state index in [9.17, 15) is 0 Å². The first-order valence-corrected chi connectivity index (χ1v) is 7.16. The highest BCUT2D eigenvalue weighted by Gasteiger charge is 2.27. The Morgan fingerprint density at radius 2 is 1.67 bits per heavy atom. The van der Waals surface area contributed by atoms with Gasteiger partial charge in [-0.05, 0) is 24.3 Å². The van der Waals surface area contributed by atoms with Gasteiger partial charge in [-0.15, -0.1) is 0 Å². The largest absolute Gasteiger partial charge is 0.375 e. The lowest BCUT2D eigenvalue weighted by molar-refractivity contribution is 0.0579. The molecule has 2 rings (SSSR count). The lowest BCUT2D eigenvalue weighted by Gasteiger charge is -2.29. The van der Waals surface area contributed by atoms with E-state index in [1.807, 2.05) is 6.07 Å². The molecule has 0 bridgehead atoms. The molecule has 2 unspecified atom stereocenters. The molecule has 1 saturated carbocycles. The molecular formula is C16H25NO. The number of hydrogen-bond donors (Lipinski definition) is 1. The molecule has 0 saturated heterocycles. The summed E-state index contributed by atoms with van der Waals surface area (Å²) in [5.41, 5.74) is 7.68. The minimum Gasteiger partial charge on any atom is -0.375 e. The molecule has 0 aliphatic heterocycles. The summed E-state index contributed by atoms with van der Waals surface area (Å²) in [5.74, 6) is 0.609. The van der Waals surface area contributed by atoms with Crippen molar-refractivity contribution in [3.05, 3.63) is 35.9 Å². The normalized spacial score (nSPS) is 21.2. The van der Waals surface area contributed by atoms with Gasteiger partial charge in [-0.2, -0.15) is 0 Å². The van der Waals surface area contributed by atoms with Gasteiger partial charge in [0.15, 0.2) is 0 Å². The fraction of sp³-hybridized carbons (Fsp3) is 0.625. The lowest BCUT2D eigenvalue weighted by atomic mass is 9.86. The molecule has 18 heavy (non-hydrogen) atoms. The van der Waals surface area contributed by atoms with Crippen LogP contribution in [0.3, 0.4) is 0 Å². The Labute approximate surface area is 111 Å². The topological polar surface area (TPSA) is 35.2 Å². The summed E-state index contributed by atoms with van der Waals surface area (Å²) in [6.45, 7) is 0. The molecule has 0 heterocycles. The van der Waals surface area contributed by atoms with Crippen LogP contribution in [-0.2, 0) is 4.74 Å². The molecule has 1 aliphatic rings.